The van der Waals surface area contributed by atoms with Crippen LogP contribution in [-0.2, 0) is 4.74 Å². The zero-order chi connectivity index (χ0) is 7.28. The van der Waals surface area contributed by atoms with Crippen molar-refractivity contribution in [1.29, 1.82) is 0 Å². The van der Waals surface area contributed by atoms with Crippen LogP contribution in [0.2, 0.25) is 6.04 Å². The van der Waals surface area contributed by atoms with E-state index in [9.17, 15) is 0 Å². The van der Waals surface area contributed by atoms with Crippen LogP contribution in [0.15, 0.2) is 0 Å². The van der Waals surface area contributed by atoms with E-state index in [1.54, 1.807) is 0 Å². The predicted octanol–water partition coefficient (Wildman–Crippen LogP) is 0.913. The van der Waals surface area contributed by atoms with E-state index in [0.29, 0.717) is 11.2 Å². The molecule has 54 valence electrons. The van der Waals surface area contributed by atoms with Gasteiger partial charge in [-0.1, -0.05) is 6.04 Å². The van der Waals surface area contributed by atoms with Gasteiger partial charge in [0.1, 0.15) is 0 Å². The Morgan fingerprint density at radius 2 is 2.33 bits per heavy atom. The topological polar surface area (TPSA) is 9.23 Å². The number of thiocarbonyl (C=S) groups is 1. The first-order valence-electron chi connectivity index (χ1n) is 3.34. The van der Waals surface area contributed by atoms with Gasteiger partial charge in [0, 0.05) is 17.2 Å². The Labute approximate surface area is 65.2 Å². The second-order valence-electron chi connectivity index (χ2n) is 2.21. The van der Waals surface area contributed by atoms with Gasteiger partial charge in [-0.2, -0.15) is 0 Å². The summed E-state index contributed by atoms with van der Waals surface area (Å²) in [5.74, 6) is 0. The van der Waals surface area contributed by atoms with Crippen molar-refractivity contribution in [3.05, 3.63) is 0 Å². The molecule has 0 heterocycles. The molecule has 0 rings (SSSR count). The molecule has 0 aliphatic rings. The van der Waals surface area contributed by atoms with Crippen LogP contribution in [0.1, 0.15) is 20.3 Å². The summed E-state index contributed by atoms with van der Waals surface area (Å²) in [4.78, 5) is 0. The van der Waals surface area contributed by atoms with Gasteiger partial charge < -0.3 is 4.74 Å². The first kappa shape index (κ1) is 9.11. The number of ether oxygens (including phenoxy) is 1. The average Bonchev–Trinajstić information content (AvgIpc) is 1.63. The fourth-order valence-corrected chi connectivity index (χ4v) is 1.73. The lowest BCUT2D eigenvalue weighted by atomic mass is 10.3. The Hall–Kier alpha value is 0.107. The van der Waals surface area contributed by atoms with Crippen molar-refractivity contribution in [2.45, 2.75) is 32.4 Å². The van der Waals surface area contributed by atoms with E-state index in [0.717, 1.165) is 6.42 Å². The predicted molar refractivity (Wildman–Crippen MR) is 48.2 cm³/mol. The van der Waals surface area contributed by atoms with Crippen LogP contribution >= 0.6 is 12.2 Å². The standard InChI is InChI=1S/C6H14OSSi/c1-5(3-4-9)7-6(2)8/h5H,3-4H2,1-2,9H3. The minimum atomic E-state index is 0.333. The van der Waals surface area contributed by atoms with Crippen LogP contribution < -0.4 is 0 Å². The Morgan fingerprint density at radius 3 is 2.67 bits per heavy atom. The van der Waals surface area contributed by atoms with Crippen molar-refractivity contribution < 1.29 is 4.74 Å². The zero-order valence-electron chi connectivity index (χ0n) is 6.31. The van der Waals surface area contributed by atoms with Crippen molar-refractivity contribution >= 4 is 27.5 Å². The lowest BCUT2D eigenvalue weighted by Crippen LogP contribution is -2.09. The van der Waals surface area contributed by atoms with Crippen molar-refractivity contribution in [3.8, 4) is 0 Å². The van der Waals surface area contributed by atoms with E-state index in [-0.39, 0.29) is 0 Å². The summed E-state index contributed by atoms with van der Waals surface area (Å²) in [6, 6.07) is 1.30. The van der Waals surface area contributed by atoms with Gasteiger partial charge in [0.2, 0.25) is 0 Å². The smallest absolute Gasteiger partial charge is 0.156 e. The summed E-state index contributed by atoms with van der Waals surface area (Å²) in [7, 11) is 1.26. The molecule has 0 bridgehead atoms. The largest absolute Gasteiger partial charge is 0.485 e. The molecule has 0 spiro atoms. The second-order valence-corrected chi connectivity index (χ2v) is 3.78. The first-order valence-corrected chi connectivity index (χ1v) is 5.16. The van der Waals surface area contributed by atoms with Crippen LogP contribution in [0.3, 0.4) is 0 Å². The summed E-state index contributed by atoms with van der Waals surface area (Å²) >= 11 is 4.78. The average molecular weight is 162 g/mol. The van der Waals surface area contributed by atoms with Gasteiger partial charge in [-0.3, -0.25) is 0 Å². The Morgan fingerprint density at radius 1 is 1.78 bits per heavy atom. The van der Waals surface area contributed by atoms with Gasteiger partial charge >= 0.3 is 0 Å². The third-order valence-corrected chi connectivity index (χ3v) is 1.74. The molecule has 0 aromatic carbocycles. The van der Waals surface area contributed by atoms with Crippen LogP contribution in [0.5, 0.6) is 0 Å². The Balaban J connectivity index is 3.26. The summed E-state index contributed by atoms with van der Waals surface area (Å²) in [5, 5.41) is 0.664. The lowest BCUT2D eigenvalue weighted by Gasteiger charge is -2.10. The Bertz CT molecular complexity index is 95.1. The lowest BCUT2D eigenvalue weighted by molar-refractivity contribution is 0.208. The van der Waals surface area contributed by atoms with Crippen molar-refractivity contribution in [3.63, 3.8) is 0 Å². The molecular formula is C6H14OSSi. The third-order valence-electron chi connectivity index (χ3n) is 1.06. The Kier molecular flexibility index (Phi) is 5.00. The molecule has 0 saturated carbocycles. The monoisotopic (exact) mass is 162 g/mol. The highest BCUT2D eigenvalue weighted by molar-refractivity contribution is 7.80. The molecule has 1 atom stereocenters. The quantitative estimate of drug-likeness (QED) is 0.451. The minimum absolute atomic E-state index is 0.333. The molecule has 0 amide bonds. The summed E-state index contributed by atoms with van der Waals surface area (Å²) in [5.41, 5.74) is 0. The molecule has 9 heavy (non-hydrogen) atoms. The van der Waals surface area contributed by atoms with E-state index >= 15 is 0 Å². The van der Waals surface area contributed by atoms with Crippen molar-refractivity contribution in [2.24, 2.45) is 0 Å². The van der Waals surface area contributed by atoms with E-state index in [4.69, 9.17) is 17.0 Å². The molecule has 0 aromatic heterocycles. The van der Waals surface area contributed by atoms with Crippen LogP contribution in [0.25, 0.3) is 0 Å². The van der Waals surface area contributed by atoms with Gasteiger partial charge in [-0.15, -0.1) is 0 Å². The van der Waals surface area contributed by atoms with Crippen molar-refractivity contribution in [1.82, 2.24) is 0 Å². The van der Waals surface area contributed by atoms with E-state index in [1.807, 2.05) is 6.92 Å². The van der Waals surface area contributed by atoms with E-state index in [2.05, 4.69) is 6.92 Å². The molecule has 0 N–H and O–H groups in total. The van der Waals surface area contributed by atoms with Gasteiger partial charge in [-0.05, 0) is 25.6 Å². The summed E-state index contributed by atoms with van der Waals surface area (Å²) < 4.78 is 5.24. The molecule has 0 radical (unpaired) electrons. The van der Waals surface area contributed by atoms with Crippen LogP contribution in [0, 0.1) is 0 Å². The number of hydrogen-bond donors (Lipinski definition) is 0. The second kappa shape index (κ2) is 4.94. The normalized spacial score (nSPS) is 13.1. The molecule has 1 unspecified atom stereocenters. The number of rotatable bonds is 3. The highest BCUT2D eigenvalue weighted by Gasteiger charge is 1.99. The molecule has 0 aliphatic heterocycles. The van der Waals surface area contributed by atoms with Gasteiger partial charge in [0.25, 0.3) is 0 Å². The highest BCUT2D eigenvalue weighted by Crippen LogP contribution is 2.00. The van der Waals surface area contributed by atoms with Crippen molar-refractivity contribution in [2.75, 3.05) is 0 Å². The third kappa shape index (κ3) is 5.99. The molecule has 0 aromatic rings. The maximum Gasteiger partial charge on any atom is 0.156 e. The summed E-state index contributed by atoms with van der Waals surface area (Å²) in [6.07, 6.45) is 1.49. The molecule has 0 saturated heterocycles. The SMILES string of the molecule is CC(=S)OC(C)CC[SiH3]. The molecule has 1 nitrogen and oxygen atoms in total. The van der Waals surface area contributed by atoms with Gasteiger partial charge in [0.15, 0.2) is 5.05 Å². The molecular weight excluding hydrogens is 148 g/mol. The fraction of sp³-hybridized carbons (Fsp3) is 0.833. The van der Waals surface area contributed by atoms with Gasteiger partial charge in [-0.25, -0.2) is 0 Å². The molecule has 3 heteroatoms. The summed E-state index contributed by atoms with van der Waals surface area (Å²) in [6.45, 7) is 3.88. The van der Waals surface area contributed by atoms with Gasteiger partial charge in [0.05, 0.1) is 6.10 Å². The van der Waals surface area contributed by atoms with E-state index < -0.39 is 0 Å². The minimum Gasteiger partial charge on any atom is -0.485 e. The number of hydrogen-bond acceptors (Lipinski definition) is 2. The zero-order valence-corrected chi connectivity index (χ0v) is 9.12. The first-order chi connectivity index (χ1) is 4.16. The maximum atomic E-state index is 5.24. The van der Waals surface area contributed by atoms with E-state index in [1.165, 1.54) is 16.3 Å². The van der Waals surface area contributed by atoms with Crippen LogP contribution in [0.4, 0.5) is 0 Å². The highest BCUT2D eigenvalue weighted by atomic mass is 32.1. The molecule has 0 aliphatic carbocycles. The maximum absolute atomic E-state index is 5.24. The fourth-order valence-electron chi connectivity index (χ4n) is 0.749. The van der Waals surface area contributed by atoms with Crippen LogP contribution in [-0.4, -0.2) is 21.4 Å². The molecule has 0 fully saturated rings.